The van der Waals surface area contributed by atoms with E-state index in [1.165, 1.54) is 46.2 Å². The number of amides is 2. The first-order chi connectivity index (χ1) is 11.7. The molecule has 12 heteroatoms. The molecule has 4 heterocycles. The number of thioether (sulfide) groups is 2. The molecule has 0 unspecified atom stereocenters. The molecule has 4 rings (SSSR count). The predicted octanol–water partition coefficient (Wildman–Crippen LogP) is 1.97. The van der Waals surface area contributed by atoms with E-state index in [1.807, 2.05) is 10.8 Å². The molecule has 0 saturated carbocycles. The fourth-order valence-corrected chi connectivity index (χ4v) is 4.65. The fraction of sp³-hybridized carbons (Fsp3) is 0.167. The third-order valence-corrected chi connectivity index (χ3v) is 6.03. The maximum absolute atomic E-state index is 11.2. The Hall–Kier alpha value is -1.76. The lowest BCUT2D eigenvalue weighted by Crippen LogP contribution is -2.19. The number of carbonyl (C=O) groups is 2. The van der Waals surface area contributed by atoms with E-state index < -0.39 is 0 Å². The molecule has 122 valence electrons. The zero-order chi connectivity index (χ0) is 16.5. The largest absolute Gasteiger partial charge is 0.304 e. The molecule has 2 aliphatic heterocycles. The minimum atomic E-state index is -0.0457. The summed E-state index contributed by atoms with van der Waals surface area (Å²) in [5.74, 6) is 0.689. The summed E-state index contributed by atoms with van der Waals surface area (Å²) < 4.78 is 0. The number of hydrogen-bond donors (Lipinski definition) is 2. The number of carbonyl (C=O) groups excluding carboxylic acids is 2. The molecule has 0 aliphatic carbocycles. The van der Waals surface area contributed by atoms with E-state index in [0.717, 1.165) is 0 Å². The average molecular weight is 397 g/mol. The predicted molar refractivity (Wildman–Crippen MR) is 98.6 cm³/mol. The van der Waals surface area contributed by atoms with Gasteiger partial charge >= 0.3 is 0 Å². The highest BCUT2D eigenvalue weighted by atomic mass is 32.2. The van der Waals surface area contributed by atoms with Crippen LogP contribution in [0.2, 0.25) is 0 Å². The van der Waals surface area contributed by atoms with Crippen LogP contribution < -0.4 is 10.6 Å². The molecule has 0 bridgehead atoms. The summed E-state index contributed by atoms with van der Waals surface area (Å²) >= 11 is 5.48. The van der Waals surface area contributed by atoms with E-state index in [0.29, 0.717) is 43.5 Å². The zero-order valence-corrected chi connectivity index (χ0v) is 15.1. The van der Waals surface area contributed by atoms with Crippen LogP contribution in [-0.4, -0.2) is 43.6 Å². The van der Waals surface area contributed by atoms with Crippen LogP contribution in [0.1, 0.15) is 0 Å². The number of aliphatic imine (C=N–C) groups is 2. The molecule has 24 heavy (non-hydrogen) atoms. The monoisotopic (exact) mass is 396 g/mol. The summed E-state index contributed by atoms with van der Waals surface area (Å²) in [4.78, 5) is 39.8. The van der Waals surface area contributed by atoms with Crippen molar-refractivity contribution in [2.75, 3.05) is 11.5 Å². The molecule has 2 N–H and O–H groups in total. The van der Waals surface area contributed by atoms with Gasteiger partial charge in [0.2, 0.25) is 22.1 Å². The van der Waals surface area contributed by atoms with Crippen LogP contribution in [0, 0.1) is 0 Å². The van der Waals surface area contributed by atoms with Crippen LogP contribution in [0.25, 0.3) is 11.4 Å². The maximum atomic E-state index is 11.2. The first kappa shape index (κ1) is 15.7. The second-order valence-electron chi connectivity index (χ2n) is 4.54. The highest BCUT2D eigenvalue weighted by Crippen LogP contribution is 2.31. The Balaban J connectivity index is 1.51. The molecule has 2 fully saturated rings. The Labute approximate surface area is 152 Å². The molecule has 2 amide bonds. The normalized spacial score (nSPS) is 20.8. The molecule has 2 aliphatic rings. The smallest absolute Gasteiger partial charge is 0.236 e. The first-order valence-electron chi connectivity index (χ1n) is 6.60. The Morgan fingerprint density at radius 3 is 1.67 bits per heavy atom. The van der Waals surface area contributed by atoms with Gasteiger partial charge in [0.15, 0.2) is 10.3 Å². The quantitative estimate of drug-likeness (QED) is 0.821. The Kier molecular flexibility index (Phi) is 4.35. The van der Waals surface area contributed by atoms with Gasteiger partial charge < -0.3 is 10.6 Å². The zero-order valence-electron chi connectivity index (χ0n) is 11.8. The second-order valence-corrected chi connectivity index (χ2v) is 8.14. The van der Waals surface area contributed by atoms with Gasteiger partial charge in [0, 0.05) is 10.8 Å². The number of nitrogens with one attached hydrogen (secondary N) is 2. The number of hydrogen-bond acceptors (Lipinski definition) is 10. The van der Waals surface area contributed by atoms with Crippen molar-refractivity contribution < 1.29 is 9.59 Å². The van der Waals surface area contributed by atoms with Gasteiger partial charge in [0.25, 0.3) is 0 Å². The van der Waals surface area contributed by atoms with Crippen molar-refractivity contribution in [3.63, 3.8) is 0 Å². The minimum absolute atomic E-state index is 0.0457. The second kappa shape index (κ2) is 6.63. The van der Waals surface area contributed by atoms with E-state index in [2.05, 4.69) is 30.6 Å². The lowest BCUT2D eigenvalue weighted by Gasteiger charge is -1.92. The SMILES string of the molecule is O=C1CS/C(=N\c2nc(-c3csc(/N=C4/NC(=O)CS4)n3)cs2)N1. The van der Waals surface area contributed by atoms with Gasteiger partial charge in [-0.1, -0.05) is 23.5 Å². The summed E-state index contributed by atoms with van der Waals surface area (Å²) in [5.41, 5.74) is 1.42. The Morgan fingerprint density at radius 1 is 0.833 bits per heavy atom. The Morgan fingerprint density at radius 2 is 1.29 bits per heavy atom. The van der Waals surface area contributed by atoms with Crippen LogP contribution in [0.4, 0.5) is 10.3 Å². The van der Waals surface area contributed by atoms with Gasteiger partial charge in [-0.15, -0.1) is 22.7 Å². The van der Waals surface area contributed by atoms with E-state index in [4.69, 9.17) is 0 Å². The summed E-state index contributed by atoms with van der Waals surface area (Å²) in [6.07, 6.45) is 0. The van der Waals surface area contributed by atoms with Gasteiger partial charge in [-0.05, 0) is 0 Å². The molecule has 0 atom stereocenters. The molecular formula is C12H8N6O2S4. The molecule has 8 nitrogen and oxygen atoms in total. The summed E-state index contributed by atoms with van der Waals surface area (Å²) in [5, 5.41) is 11.3. The molecule has 2 saturated heterocycles. The molecule has 0 radical (unpaired) electrons. The highest BCUT2D eigenvalue weighted by Gasteiger charge is 2.19. The molecule has 0 aromatic carbocycles. The van der Waals surface area contributed by atoms with Gasteiger partial charge in [0.1, 0.15) is 11.4 Å². The number of rotatable bonds is 3. The van der Waals surface area contributed by atoms with Crippen molar-refractivity contribution in [1.29, 1.82) is 0 Å². The van der Waals surface area contributed by atoms with E-state index in [-0.39, 0.29) is 11.8 Å². The van der Waals surface area contributed by atoms with Gasteiger partial charge in [-0.2, -0.15) is 9.98 Å². The van der Waals surface area contributed by atoms with E-state index in [1.54, 1.807) is 0 Å². The van der Waals surface area contributed by atoms with Crippen molar-refractivity contribution in [3.8, 4) is 11.4 Å². The van der Waals surface area contributed by atoms with E-state index >= 15 is 0 Å². The summed E-state index contributed by atoms with van der Waals surface area (Å²) in [6.45, 7) is 0. The van der Waals surface area contributed by atoms with Crippen molar-refractivity contribution in [2.24, 2.45) is 9.98 Å². The Bertz CT molecular complexity index is 814. The number of amidine groups is 2. The minimum Gasteiger partial charge on any atom is -0.304 e. The van der Waals surface area contributed by atoms with Gasteiger partial charge in [0.05, 0.1) is 11.5 Å². The van der Waals surface area contributed by atoms with Crippen molar-refractivity contribution in [1.82, 2.24) is 20.6 Å². The van der Waals surface area contributed by atoms with Crippen molar-refractivity contribution in [3.05, 3.63) is 10.8 Å². The topological polar surface area (TPSA) is 109 Å². The number of aromatic nitrogens is 2. The maximum Gasteiger partial charge on any atom is 0.236 e. The molecule has 2 aromatic heterocycles. The van der Waals surface area contributed by atoms with Crippen LogP contribution in [0.5, 0.6) is 0 Å². The average Bonchev–Trinajstić information content (AvgIpc) is 3.30. The molecule has 0 spiro atoms. The van der Waals surface area contributed by atoms with Crippen molar-refractivity contribution >= 4 is 78.6 Å². The standard InChI is InChI=1S/C12H8N6O2S4/c19-7-3-23-11(15-7)17-9-13-5(1-21-9)6-2-22-10(14-6)18-12-16-8(20)4-24-12/h1-2H,3-4H2,(H,13,15,17,19)(H,14,16,18,20). The number of nitrogens with zero attached hydrogens (tertiary/aromatic N) is 4. The van der Waals surface area contributed by atoms with Gasteiger partial charge in [-0.25, -0.2) is 9.97 Å². The molecular weight excluding hydrogens is 388 g/mol. The molecule has 2 aromatic rings. The fourth-order valence-electron chi connectivity index (χ4n) is 1.81. The van der Waals surface area contributed by atoms with Crippen LogP contribution in [-0.2, 0) is 9.59 Å². The van der Waals surface area contributed by atoms with Crippen LogP contribution in [0.15, 0.2) is 20.7 Å². The third kappa shape index (κ3) is 3.50. The number of thiazole rings is 2. The first-order valence-corrected chi connectivity index (χ1v) is 10.3. The lowest BCUT2D eigenvalue weighted by molar-refractivity contribution is -0.117. The van der Waals surface area contributed by atoms with Gasteiger partial charge in [-0.3, -0.25) is 9.59 Å². The lowest BCUT2D eigenvalue weighted by atomic mass is 10.4. The van der Waals surface area contributed by atoms with Crippen LogP contribution in [0.3, 0.4) is 0 Å². The van der Waals surface area contributed by atoms with Crippen molar-refractivity contribution in [2.45, 2.75) is 0 Å². The third-order valence-electron chi connectivity index (χ3n) is 2.81. The summed E-state index contributed by atoms with van der Waals surface area (Å²) in [7, 11) is 0. The van der Waals surface area contributed by atoms with Crippen LogP contribution >= 0.6 is 46.2 Å². The highest BCUT2D eigenvalue weighted by molar-refractivity contribution is 8.15. The summed E-state index contributed by atoms with van der Waals surface area (Å²) in [6, 6.07) is 0. The van der Waals surface area contributed by atoms with E-state index in [9.17, 15) is 9.59 Å².